The van der Waals surface area contributed by atoms with E-state index in [0.717, 1.165) is 0 Å². The maximum absolute atomic E-state index is 12.4. The van der Waals surface area contributed by atoms with Gasteiger partial charge in [-0.3, -0.25) is 4.79 Å². The van der Waals surface area contributed by atoms with Crippen LogP contribution >= 0.6 is 11.6 Å². The summed E-state index contributed by atoms with van der Waals surface area (Å²) in [4.78, 5) is 12.4. The fourth-order valence-corrected chi connectivity index (χ4v) is 2.80. The molecule has 102 valence electrons. The molecular weight excluding hydrogens is 270 g/mol. The molecule has 0 spiro atoms. The van der Waals surface area contributed by atoms with Crippen molar-refractivity contribution in [3.63, 3.8) is 0 Å². The Balaban J connectivity index is 1.86. The molecule has 0 radical (unpaired) electrons. The number of hydrogen-bond donors (Lipinski definition) is 1. The van der Waals surface area contributed by atoms with Crippen molar-refractivity contribution in [2.75, 3.05) is 5.73 Å². The molecule has 3 heteroatoms. The van der Waals surface area contributed by atoms with Crippen LogP contribution < -0.4 is 5.73 Å². The molecule has 2 nitrogen and oxygen atoms in total. The highest BCUT2D eigenvalue weighted by atomic mass is 35.5. The smallest absolute Gasteiger partial charge is 0.193 e. The van der Waals surface area contributed by atoms with E-state index in [1.54, 1.807) is 18.2 Å². The number of rotatable bonds is 3. The third kappa shape index (κ3) is 2.56. The number of benzene rings is 2. The molecule has 3 rings (SSSR count). The molecule has 0 aromatic heterocycles. The van der Waals surface area contributed by atoms with Crippen molar-refractivity contribution in [2.24, 2.45) is 0 Å². The van der Waals surface area contributed by atoms with E-state index in [9.17, 15) is 4.79 Å². The molecule has 1 aliphatic carbocycles. The Morgan fingerprint density at radius 3 is 2.30 bits per heavy atom. The summed E-state index contributed by atoms with van der Waals surface area (Å²) in [5.74, 6) is 0.639. The highest BCUT2D eigenvalue weighted by molar-refractivity contribution is 6.31. The fraction of sp³-hybridized carbons (Fsp3) is 0.235. The highest BCUT2D eigenvalue weighted by Crippen LogP contribution is 2.36. The minimum Gasteiger partial charge on any atom is -0.399 e. The fourth-order valence-electron chi connectivity index (χ4n) is 2.56. The Labute approximate surface area is 123 Å². The predicted octanol–water partition coefficient (Wildman–Crippen LogP) is 4.42. The number of halogens is 1. The summed E-state index contributed by atoms with van der Waals surface area (Å²) in [6.45, 7) is 0. The second kappa shape index (κ2) is 5.29. The van der Waals surface area contributed by atoms with E-state index in [4.69, 9.17) is 17.3 Å². The van der Waals surface area contributed by atoms with Crippen LogP contribution in [0.5, 0.6) is 0 Å². The van der Waals surface area contributed by atoms with Gasteiger partial charge < -0.3 is 5.73 Å². The number of anilines is 1. The van der Waals surface area contributed by atoms with E-state index in [1.807, 2.05) is 12.1 Å². The monoisotopic (exact) mass is 285 g/mol. The van der Waals surface area contributed by atoms with Gasteiger partial charge in [0, 0.05) is 21.8 Å². The van der Waals surface area contributed by atoms with E-state index < -0.39 is 0 Å². The molecule has 1 aliphatic rings. The van der Waals surface area contributed by atoms with Gasteiger partial charge in [0.25, 0.3) is 0 Å². The lowest BCUT2D eigenvalue weighted by molar-refractivity contribution is 0.103. The molecule has 0 aliphatic heterocycles. The van der Waals surface area contributed by atoms with Crippen LogP contribution in [0.3, 0.4) is 0 Å². The van der Waals surface area contributed by atoms with Gasteiger partial charge in [0.05, 0.1) is 0 Å². The molecule has 0 saturated heterocycles. The number of hydrogen-bond acceptors (Lipinski definition) is 2. The van der Waals surface area contributed by atoms with Crippen LogP contribution in [0.4, 0.5) is 5.69 Å². The molecule has 20 heavy (non-hydrogen) atoms. The first kappa shape index (κ1) is 13.2. The first-order valence-corrected chi connectivity index (χ1v) is 7.22. The number of carbonyl (C=O) groups excluding carboxylic acids is 1. The number of nitrogen functional groups attached to an aromatic ring is 1. The predicted molar refractivity (Wildman–Crippen MR) is 82.3 cm³/mol. The Morgan fingerprint density at radius 1 is 1.05 bits per heavy atom. The molecule has 2 aromatic rings. The molecule has 0 atom stereocenters. The van der Waals surface area contributed by atoms with Crippen molar-refractivity contribution in [1.29, 1.82) is 0 Å². The lowest BCUT2D eigenvalue weighted by atomic mass is 9.80. The summed E-state index contributed by atoms with van der Waals surface area (Å²) in [6.07, 6.45) is 3.84. The number of nitrogens with two attached hydrogens (primary N) is 1. The van der Waals surface area contributed by atoms with Gasteiger partial charge in [-0.15, -0.1) is 0 Å². The minimum absolute atomic E-state index is 0.0423. The van der Waals surface area contributed by atoms with Crippen LogP contribution in [0.2, 0.25) is 5.02 Å². The van der Waals surface area contributed by atoms with Crippen molar-refractivity contribution in [3.05, 3.63) is 64.2 Å². The summed E-state index contributed by atoms with van der Waals surface area (Å²) < 4.78 is 0. The van der Waals surface area contributed by atoms with Gasteiger partial charge in [-0.1, -0.05) is 42.3 Å². The second-order valence-corrected chi connectivity index (χ2v) is 5.79. The van der Waals surface area contributed by atoms with Crippen LogP contribution in [-0.4, -0.2) is 5.78 Å². The van der Waals surface area contributed by atoms with E-state index in [0.29, 0.717) is 27.8 Å². The van der Waals surface area contributed by atoms with Crippen molar-refractivity contribution in [2.45, 2.75) is 25.2 Å². The Bertz CT molecular complexity index is 624. The maximum Gasteiger partial charge on any atom is 0.193 e. The van der Waals surface area contributed by atoms with Crippen molar-refractivity contribution in [3.8, 4) is 0 Å². The van der Waals surface area contributed by atoms with Gasteiger partial charge in [0.15, 0.2) is 5.78 Å². The number of carbonyl (C=O) groups is 1. The van der Waals surface area contributed by atoms with Crippen LogP contribution in [-0.2, 0) is 0 Å². The van der Waals surface area contributed by atoms with E-state index in [2.05, 4.69) is 12.1 Å². The lowest BCUT2D eigenvalue weighted by Gasteiger charge is -2.25. The van der Waals surface area contributed by atoms with E-state index in [-0.39, 0.29) is 5.78 Å². The first-order chi connectivity index (χ1) is 9.63. The van der Waals surface area contributed by atoms with Crippen molar-refractivity contribution >= 4 is 23.1 Å². The molecule has 0 amide bonds. The first-order valence-electron chi connectivity index (χ1n) is 6.84. The van der Waals surface area contributed by atoms with Crippen LogP contribution in [0.15, 0.2) is 42.5 Å². The van der Waals surface area contributed by atoms with Gasteiger partial charge in [0.2, 0.25) is 0 Å². The van der Waals surface area contributed by atoms with Gasteiger partial charge in [-0.05, 0) is 42.5 Å². The topological polar surface area (TPSA) is 43.1 Å². The summed E-state index contributed by atoms with van der Waals surface area (Å²) in [5.41, 5.74) is 8.78. The molecule has 2 aromatic carbocycles. The third-order valence-electron chi connectivity index (χ3n) is 3.93. The van der Waals surface area contributed by atoms with Gasteiger partial charge in [0.1, 0.15) is 0 Å². The largest absolute Gasteiger partial charge is 0.399 e. The molecule has 0 bridgehead atoms. The number of ketones is 1. The third-order valence-corrected chi connectivity index (χ3v) is 4.15. The molecule has 0 unspecified atom stereocenters. The van der Waals surface area contributed by atoms with Crippen LogP contribution in [0, 0.1) is 0 Å². The Kier molecular flexibility index (Phi) is 3.49. The molecular formula is C17H16ClNO. The molecule has 1 fully saturated rings. The average Bonchev–Trinajstić information content (AvgIpc) is 2.35. The summed E-state index contributed by atoms with van der Waals surface area (Å²) in [7, 11) is 0. The SMILES string of the molecule is Nc1cc(Cl)cc(C(=O)c2ccc(C3CCC3)cc2)c1. The van der Waals surface area contributed by atoms with E-state index >= 15 is 0 Å². The van der Waals surface area contributed by atoms with Gasteiger partial charge >= 0.3 is 0 Å². The lowest BCUT2D eigenvalue weighted by Crippen LogP contribution is -2.09. The van der Waals surface area contributed by atoms with E-state index in [1.165, 1.54) is 24.8 Å². The van der Waals surface area contributed by atoms with Gasteiger partial charge in [-0.25, -0.2) is 0 Å². The molecule has 1 saturated carbocycles. The molecule has 0 heterocycles. The standard InChI is InChI=1S/C17H16ClNO/c18-15-8-14(9-16(19)10-15)17(20)13-6-4-12(5-7-13)11-2-1-3-11/h4-11H,1-3,19H2. The zero-order valence-corrected chi connectivity index (χ0v) is 11.9. The average molecular weight is 286 g/mol. The zero-order chi connectivity index (χ0) is 14.1. The Hall–Kier alpha value is -1.80. The van der Waals surface area contributed by atoms with Crippen LogP contribution in [0.25, 0.3) is 0 Å². The van der Waals surface area contributed by atoms with Gasteiger partial charge in [-0.2, -0.15) is 0 Å². The molecule has 2 N–H and O–H groups in total. The quantitative estimate of drug-likeness (QED) is 0.670. The minimum atomic E-state index is -0.0423. The summed E-state index contributed by atoms with van der Waals surface area (Å²) in [6, 6.07) is 12.9. The van der Waals surface area contributed by atoms with Crippen molar-refractivity contribution in [1.82, 2.24) is 0 Å². The second-order valence-electron chi connectivity index (χ2n) is 5.35. The maximum atomic E-state index is 12.4. The summed E-state index contributed by atoms with van der Waals surface area (Å²) >= 11 is 5.94. The Morgan fingerprint density at radius 2 is 1.75 bits per heavy atom. The highest BCUT2D eigenvalue weighted by Gasteiger charge is 2.19. The van der Waals surface area contributed by atoms with Crippen LogP contribution in [0.1, 0.15) is 46.7 Å². The normalized spacial score (nSPS) is 14.8. The van der Waals surface area contributed by atoms with Crippen molar-refractivity contribution < 1.29 is 4.79 Å². The summed E-state index contributed by atoms with van der Waals surface area (Å²) in [5, 5.41) is 0.486. The zero-order valence-electron chi connectivity index (χ0n) is 11.1.